The van der Waals surface area contributed by atoms with Crippen molar-refractivity contribution in [1.82, 2.24) is 15.1 Å². The Balaban J connectivity index is 1.87. The van der Waals surface area contributed by atoms with Crippen molar-refractivity contribution in [1.29, 1.82) is 0 Å². The minimum absolute atomic E-state index is 0.0882. The Labute approximate surface area is 158 Å². The second-order valence-corrected chi connectivity index (χ2v) is 6.99. The minimum Gasteiger partial charge on any atom is -0.346 e. The van der Waals surface area contributed by atoms with Gasteiger partial charge < -0.3 is 15.1 Å². The second kappa shape index (κ2) is 8.85. The van der Waals surface area contributed by atoms with Gasteiger partial charge in [0.15, 0.2) is 0 Å². The topological polar surface area (TPSA) is 69.7 Å². The molecule has 1 aliphatic heterocycles. The van der Waals surface area contributed by atoms with E-state index in [0.29, 0.717) is 31.2 Å². The zero-order valence-corrected chi connectivity index (χ0v) is 16.0. The normalized spacial score (nSPS) is 14.8. The summed E-state index contributed by atoms with van der Waals surface area (Å²) in [6.07, 6.45) is 3.23. The van der Waals surface area contributed by atoms with Crippen molar-refractivity contribution < 1.29 is 14.4 Å². The number of nitrogens with zero attached hydrogens (tertiary/aromatic N) is 2. The Morgan fingerprint density at radius 3 is 2.31 bits per heavy atom. The number of hydrogen-bond donors (Lipinski definition) is 1. The summed E-state index contributed by atoms with van der Waals surface area (Å²) in [6, 6.07) is 5.52. The number of aryl methyl sites for hydroxylation is 1. The van der Waals surface area contributed by atoms with E-state index >= 15 is 0 Å². The van der Waals surface area contributed by atoms with E-state index in [1.54, 1.807) is 24.8 Å². The zero-order valence-electron chi connectivity index (χ0n) is 15.3. The second-order valence-electron chi connectivity index (χ2n) is 6.59. The Morgan fingerprint density at radius 2 is 1.73 bits per heavy atom. The monoisotopic (exact) mass is 377 g/mol. The van der Waals surface area contributed by atoms with E-state index in [2.05, 4.69) is 5.32 Å². The van der Waals surface area contributed by atoms with E-state index < -0.39 is 11.8 Å². The van der Waals surface area contributed by atoms with Crippen LogP contribution in [0.3, 0.4) is 0 Å². The van der Waals surface area contributed by atoms with Gasteiger partial charge in [-0.2, -0.15) is 0 Å². The van der Waals surface area contributed by atoms with Crippen LogP contribution in [-0.4, -0.2) is 59.7 Å². The average molecular weight is 378 g/mol. The molecule has 0 spiro atoms. The van der Waals surface area contributed by atoms with Crippen LogP contribution in [-0.2, 0) is 14.4 Å². The molecule has 2 rings (SSSR count). The molecule has 0 radical (unpaired) electrons. The van der Waals surface area contributed by atoms with E-state index in [0.717, 1.165) is 11.1 Å². The van der Waals surface area contributed by atoms with Gasteiger partial charge in [-0.25, -0.2) is 0 Å². The molecule has 1 heterocycles. The Morgan fingerprint density at radius 1 is 1.12 bits per heavy atom. The van der Waals surface area contributed by atoms with Crippen LogP contribution in [0.5, 0.6) is 0 Å². The number of hydrogen-bond acceptors (Lipinski definition) is 3. The maximum atomic E-state index is 12.3. The van der Waals surface area contributed by atoms with Gasteiger partial charge in [0.05, 0.1) is 0 Å². The highest BCUT2D eigenvalue weighted by Crippen LogP contribution is 2.17. The molecule has 26 heavy (non-hydrogen) atoms. The molecule has 1 fully saturated rings. The standard InChI is InChI=1S/C19H24ClN3O3/c1-13(2)21-18(25)19(26)23-10-8-22(9-11-23)17(24)7-6-15-5-4-14(3)16(20)12-15/h4-7,12-13H,8-11H2,1-3H3,(H,21,25). The summed E-state index contributed by atoms with van der Waals surface area (Å²) in [7, 11) is 0. The number of rotatable bonds is 3. The summed E-state index contributed by atoms with van der Waals surface area (Å²) in [5.41, 5.74) is 1.84. The summed E-state index contributed by atoms with van der Waals surface area (Å²) in [5, 5.41) is 3.25. The first-order valence-corrected chi connectivity index (χ1v) is 8.98. The summed E-state index contributed by atoms with van der Waals surface area (Å²) < 4.78 is 0. The van der Waals surface area contributed by atoms with Crippen LogP contribution < -0.4 is 5.32 Å². The molecule has 7 heteroatoms. The quantitative estimate of drug-likeness (QED) is 0.645. The fraction of sp³-hybridized carbons (Fsp3) is 0.421. The summed E-state index contributed by atoms with van der Waals surface area (Å²) >= 11 is 6.08. The number of amides is 3. The molecular weight excluding hydrogens is 354 g/mol. The Bertz CT molecular complexity index is 723. The van der Waals surface area contributed by atoms with Gasteiger partial charge in [-0.15, -0.1) is 0 Å². The van der Waals surface area contributed by atoms with E-state index in [-0.39, 0.29) is 11.9 Å². The van der Waals surface area contributed by atoms with E-state index in [1.165, 1.54) is 11.0 Å². The highest BCUT2D eigenvalue weighted by atomic mass is 35.5. The fourth-order valence-corrected chi connectivity index (χ4v) is 2.77. The lowest BCUT2D eigenvalue weighted by Gasteiger charge is -2.33. The zero-order chi connectivity index (χ0) is 19.3. The number of benzene rings is 1. The summed E-state index contributed by atoms with van der Waals surface area (Å²) in [4.78, 5) is 39.3. The number of nitrogens with one attached hydrogen (secondary N) is 1. The third-order valence-electron chi connectivity index (χ3n) is 4.11. The molecule has 1 aromatic rings. The van der Waals surface area contributed by atoms with Crippen molar-refractivity contribution >= 4 is 35.4 Å². The molecule has 0 aromatic heterocycles. The molecule has 0 saturated carbocycles. The minimum atomic E-state index is -0.601. The Kier molecular flexibility index (Phi) is 6.80. The average Bonchev–Trinajstić information content (AvgIpc) is 2.61. The van der Waals surface area contributed by atoms with Crippen LogP contribution in [0.25, 0.3) is 6.08 Å². The van der Waals surface area contributed by atoms with Gasteiger partial charge in [-0.1, -0.05) is 23.7 Å². The molecule has 1 N–H and O–H groups in total. The van der Waals surface area contributed by atoms with Gasteiger partial charge in [-0.05, 0) is 44.0 Å². The fourth-order valence-electron chi connectivity index (χ4n) is 2.58. The van der Waals surface area contributed by atoms with Crippen molar-refractivity contribution in [2.75, 3.05) is 26.2 Å². The molecule has 0 bridgehead atoms. The van der Waals surface area contributed by atoms with E-state index in [4.69, 9.17) is 11.6 Å². The third kappa shape index (κ3) is 5.33. The van der Waals surface area contributed by atoms with Gasteiger partial charge in [0.25, 0.3) is 0 Å². The molecular formula is C19H24ClN3O3. The van der Waals surface area contributed by atoms with Crippen LogP contribution in [0.2, 0.25) is 5.02 Å². The number of piperazine rings is 1. The maximum absolute atomic E-state index is 12.3. The lowest BCUT2D eigenvalue weighted by atomic mass is 10.1. The third-order valence-corrected chi connectivity index (χ3v) is 4.51. The molecule has 1 aliphatic rings. The van der Waals surface area contributed by atoms with Crippen molar-refractivity contribution in [3.8, 4) is 0 Å². The van der Waals surface area contributed by atoms with Gasteiger partial charge in [0, 0.05) is 43.3 Å². The smallest absolute Gasteiger partial charge is 0.312 e. The van der Waals surface area contributed by atoms with Crippen molar-refractivity contribution in [3.63, 3.8) is 0 Å². The maximum Gasteiger partial charge on any atom is 0.312 e. The Hall–Kier alpha value is -2.34. The van der Waals surface area contributed by atoms with E-state index in [1.807, 2.05) is 25.1 Å². The predicted molar refractivity (Wildman–Crippen MR) is 102 cm³/mol. The molecule has 3 amide bonds. The number of halogens is 1. The van der Waals surface area contributed by atoms with Crippen LogP contribution >= 0.6 is 11.6 Å². The highest BCUT2D eigenvalue weighted by Gasteiger charge is 2.27. The summed E-state index contributed by atoms with van der Waals surface area (Å²) in [5.74, 6) is -1.27. The lowest BCUT2D eigenvalue weighted by Crippen LogP contribution is -2.54. The first kappa shape index (κ1) is 20.0. The molecule has 0 aliphatic carbocycles. The van der Waals surface area contributed by atoms with Crippen LogP contribution in [0.4, 0.5) is 0 Å². The van der Waals surface area contributed by atoms with E-state index in [9.17, 15) is 14.4 Å². The summed E-state index contributed by atoms with van der Waals surface area (Å²) in [6.45, 7) is 7.02. The highest BCUT2D eigenvalue weighted by molar-refractivity contribution is 6.35. The molecule has 1 aromatic carbocycles. The van der Waals surface area contributed by atoms with Crippen molar-refractivity contribution in [2.24, 2.45) is 0 Å². The van der Waals surface area contributed by atoms with Gasteiger partial charge in [0.2, 0.25) is 5.91 Å². The van der Waals surface area contributed by atoms with Crippen LogP contribution in [0, 0.1) is 6.92 Å². The largest absolute Gasteiger partial charge is 0.346 e. The lowest BCUT2D eigenvalue weighted by molar-refractivity contribution is -0.148. The molecule has 1 saturated heterocycles. The first-order chi connectivity index (χ1) is 12.3. The molecule has 0 atom stereocenters. The molecule has 140 valence electrons. The number of carbonyl (C=O) groups is 3. The molecule has 6 nitrogen and oxygen atoms in total. The van der Waals surface area contributed by atoms with Crippen LogP contribution in [0.15, 0.2) is 24.3 Å². The van der Waals surface area contributed by atoms with Crippen molar-refractivity contribution in [2.45, 2.75) is 26.8 Å². The SMILES string of the molecule is Cc1ccc(C=CC(=O)N2CCN(C(=O)C(=O)NC(C)C)CC2)cc1Cl. The first-order valence-electron chi connectivity index (χ1n) is 8.61. The van der Waals surface area contributed by atoms with Crippen molar-refractivity contribution in [3.05, 3.63) is 40.4 Å². The van der Waals surface area contributed by atoms with Gasteiger partial charge in [-0.3, -0.25) is 14.4 Å². The van der Waals surface area contributed by atoms with Gasteiger partial charge in [0.1, 0.15) is 0 Å². The van der Waals surface area contributed by atoms with Crippen LogP contribution in [0.1, 0.15) is 25.0 Å². The predicted octanol–water partition coefficient (Wildman–Crippen LogP) is 1.86. The number of carbonyl (C=O) groups excluding carboxylic acids is 3. The van der Waals surface area contributed by atoms with Gasteiger partial charge >= 0.3 is 11.8 Å². The molecule has 0 unspecified atom stereocenters.